The lowest BCUT2D eigenvalue weighted by atomic mass is 9.76. The van der Waals surface area contributed by atoms with E-state index in [1.807, 2.05) is 0 Å². The first-order chi connectivity index (χ1) is 14.7. The number of benzene rings is 4. The Morgan fingerprint density at radius 1 is 0.600 bits per heavy atom. The van der Waals surface area contributed by atoms with Crippen LogP contribution in [0.1, 0.15) is 33.4 Å². The molecule has 4 aromatic carbocycles. The van der Waals surface area contributed by atoms with Gasteiger partial charge in [-0.3, -0.25) is 5.32 Å². The monoisotopic (exact) mass is 392 g/mol. The van der Waals surface area contributed by atoms with Crippen LogP contribution in [0.3, 0.4) is 0 Å². The maximum Gasteiger partial charge on any atom is 0.0950 e. The third-order valence-electron chi connectivity index (χ3n) is 5.71. The fourth-order valence-electron chi connectivity index (χ4n) is 4.01. The Hall–Kier alpha value is -3.20. The first-order valence-electron chi connectivity index (χ1n) is 10.4. The predicted molar refractivity (Wildman–Crippen MR) is 125 cm³/mol. The summed E-state index contributed by atoms with van der Waals surface area (Å²) in [6.07, 6.45) is 0. The summed E-state index contributed by atoms with van der Waals surface area (Å²) in [6, 6.07) is 38.8. The Labute approximate surface area is 179 Å². The molecule has 0 saturated carbocycles. The first-order valence-corrected chi connectivity index (χ1v) is 10.4. The molecule has 3 N–H and O–H groups in total. The average Bonchev–Trinajstić information content (AvgIpc) is 2.82. The molecule has 150 valence electrons. The van der Waals surface area contributed by atoms with E-state index in [0.29, 0.717) is 6.54 Å². The molecule has 0 radical (unpaired) electrons. The van der Waals surface area contributed by atoms with Crippen molar-refractivity contribution in [2.75, 3.05) is 0 Å². The lowest BCUT2D eigenvalue weighted by Gasteiger charge is -2.37. The lowest BCUT2D eigenvalue weighted by Crippen LogP contribution is -2.44. The minimum Gasteiger partial charge on any atom is -0.326 e. The molecule has 30 heavy (non-hydrogen) atoms. The molecule has 4 aromatic rings. The summed E-state index contributed by atoms with van der Waals surface area (Å²) in [4.78, 5) is 0. The Kier molecular flexibility index (Phi) is 6.08. The second-order valence-corrected chi connectivity index (χ2v) is 7.72. The van der Waals surface area contributed by atoms with E-state index in [0.717, 1.165) is 12.1 Å². The summed E-state index contributed by atoms with van der Waals surface area (Å²) in [7, 11) is 0. The van der Waals surface area contributed by atoms with Crippen LogP contribution in [-0.4, -0.2) is 0 Å². The number of hydrogen-bond acceptors (Lipinski definition) is 2. The molecule has 0 atom stereocenters. The van der Waals surface area contributed by atoms with Crippen molar-refractivity contribution in [2.24, 2.45) is 5.73 Å². The second kappa shape index (κ2) is 9.08. The van der Waals surface area contributed by atoms with Gasteiger partial charge in [0.2, 0.25) is 0 Å². The van der Waals surface area contributed by atoms with Crippen LogP contribution in [0.15, 0.2) is 109 Å². The van der Waals surface area contributed by atoms with Gasteiger partial charge in [-0.2, -0.15) is 0 Å². The van der Waals surface area contributed by atoms with Crippen LogP contribution in [0.5, 0.6) is 0 Å². The molecule has 0 fully saturated rings. The largest absolute Gasteiger partial charge is 0.326 e. The SMILES string of the molecule is Cc1ccc(C(NCc2ccc(CN)cc2)(c2ccccc2)c2ccccc2)cc1. The van der Waals surface area contributed by atoms with E-state index in [2.05, 4.69) is 121 Å². The fourth-order valence-corrected chi connectivity index (χ4v) is 4.01. The molecular formula is C28H28N2. The van der Waals surface area contributed by atoms with Crippen LogP contribution >= 0.6 is 0 Å². The minimum atomic E-state index is -0.456. The Bertz CT molecular complexity index is 1010. The predicted octanol–water partition coefficient (Wildman–Crippen LogP) is 5.54. The van der Waals surface area contributed by atoms with Gasteiger partial charge in [0.05, 0.1) is 5.54 Å². The third-order valence-corrected chi connectivity index (χ3v) is 5.71. The van der Waals surface area contributed by atoms with Crippen molar-refractivity contribution in [3.05, 3.63) is 143 Å². The van der Waals surface area contributed by atoms with E-state index in [-0.39, 0.29) is 0 Å². The third kappa shape index (κ3) is 4.06. The summed E-state index contributed by atoms with van der Waals surface area (Å²) in [6.45, 7) is 3.43. The van der Waals surface area contributed by atoms with Gasteiger partial charge in [0, 0.05) is 13.1 Å². The zero-order valence-electron chi connectivity index (χ0n) is 17.4. The van der Waals surface area contributed by atoms with Gasteiger partial charge in [0.25, 0.3) is 0 Å². The van der Waals surface area contributed by atoms with E-state index < -0.39 is 5.54 Å². The summed E-state index contributed by atoms with van der Waals surface area (Å²) in [5.41, 5.74) is 12.6. The van der Waals surface area contributed by atoms with Crippen LogP contribution < -0.4 is 11.1 Å². The quantitative estimate of drug-likeness (QED) is 0.406. The number of hydrogen-bond donors (Lipinski definition) is 2. The summed E-state index contributed by atoms with van der Waals surface area (Å²) < 4.78 is 0. The topological polar surface area (TPSA) is 38.0 Å². The van der Waals surface area contributed by atoms with E-state index in [1.54, 1.807) is 0 Å². The van der Waals surface area contributed by atoms with Crippen molar-refractivity contribution < 1.29 is 0 Å². The van der Waals surface area contributed by atoms with E-state index >= 15 is 0 Å². The van der Waals surface area contributed by atoms with Gasteiger partial charge in [-0.15, -0.1) is 0 Å². The highest BCUT2D eigenvalue weighted by Gasteiger charge is 2.35. The molecule has 2 nitrogen and oxygen atoms in total. The Balaban J connectivity index is 1.84. The lowest BCUT2D eigenvalue weighted by molar-refractivity contribution is 0.471. The van der Waals surface area contributed by atoms with Crippen molar-refractivity contribution >= 4 is 0 Å². The zero-order valence-corrected chi connectivity index (χ0v) is 17.4. The highest BCUT2D eigenvalue weighted by Crippen LogP contribution is 2.37. The van der Waals surface area contributed by atoms with E-state index in [9.17, 15) is 0 Å². The minimum absolute atomic E-state index is 0.456. The molecule has 0 bridgehead atoms. The zero-order chi connectivity index (χ0) is 20.8. The summed E-state index contributed by atoms with van der Waals surface area (Å²) in [5, 5.41) is 3.92. The molecular weight excluding hydrogens is 364 g/mol. The maximum atomic E-state index is 5.77. The van der Waals surface area contributed by atoms with Crippen LogP contribution in [0, 0.1) is 6.92 Å². The molecule has 0 amide bonds. The maximum absolute atomic E-state index is 5.77. The van der Waals surface area contributed by atoms with Crippen molar-refractivity contribution in [3.63, 3.8) is 0 Å². The molecule has 0 aromatic heterocycles. The van der Waals surface area contributed by atoms with Gasteiger partial charge in [0.15, 0.2) is 0 Å². The van der Waals surface area contributed by atoms with Crippen molar-refractivity contribution in [2.45, 2.75) is 25.6 Å². The van der Waals surface area contributed by atoms with Gasteiger partial charge in [0.1, 0.15) is 0 Å². The van der Waals surface area contributed by atoms with Gasteiger partial charge in [-0.25, -0.2) is 0 Å². The molecule has 0 aliphatic rings. The van der Waals surface area contributed by atoms with Gasteiger partial charge in [-0.1, -0.05) is 115 Å². The molecule has 0 spiro atoms. The van der Waals surface area contributed by atoms with E-state index in [4.69, 9.17) is 5.73 Å². The average molecular weight is 393 g/mol. The van der Waals surface area contributed by atoms with Crippen LogP contribution in [0.25, 0.3) is 0 Å². The molecule has 0 aliphatic carbocycles. The Morgan fingerprint density at radius 3 is 1.57 bits per heavy atom. The number of rotatable bonds is 7. The smallest absolute Gasteiger partial charge is 0.0950 e. The fraction of sp³-hybridized carbons (Fsp3) is 0.143. The summed E-state index contributed by atoms with van der Waals surface area (Å²) >= 11 is 0. The van der Waals surface area contributed by atoms with E-state index in [1.165, 1.54) is 27.8 Å². The number of nitrogens with one attached hydrogen (secondary N) is 1. The molecule has 0 aliphatic heterocycles. The molecule has 0 saturated heterocycles. The molecule has 0 heterocycles. The second-order valence-electron chi connectivity index (χ2n) is 7.72. The van der Waals surface area contributed by atoms with Gasteiger partial charge >= 0.3 is 0 Å². The highest BCUT2D eigenvalue weighted by molar-refractivity contribution is 5.50. The van der Waals surface area contributed by atoms with Crippen LogP contribution in [0.2, 0.25) is 0 Å². The molecule has 4 rings (SSSR count). The van der Waals surface area contributed by atoms with Crippen molar-refractivity contribution in [3.8, 4) is 0 Å². The highest BCUT2D eigenvalue weighted by atomic mass is 15.0. The van der Waals surface area contributed by atoms with Crippen LogP contribution in [-0.2, 0) is 18.6 Å². The number of nitrogens with two attached hydrogens (primary N) is 1. The van der Waals surface area contributed by atoms with Gasteiger partial charge in [-0.05, 0) is 34.7 Å². The molecule has 2 heteroatoms. The van der Waals surface area contributed by atoms with Gasteiger partial charge < -0.3 is 5.73 Å². The number of aryl methyl sites for hydroxylation is 1. The van der Waals surface area contributed by atoms with Crippen LogP contribution in [0.4, 0.5) is 0 Å². The standard InChI is InChI=1S/C28H28N2/c1-22-12-18-27(19-13-22)28(25-8-4-2-5-9-25,26-10-6-3-7-11-26)30-21-24-16-14-23(20-29)15-17-24/h2-19,30H,20-21,29H2,1H3. The molecule has 0 unspecified atom stereocenters. The normalized spacial score (nSPS) is 11.4. The summed E-state index contributed by atoms with van der Waals surface area (Å²) in [5.74, 6) is 0. The Morgan fingerprint density at radius 2 is 1.07 bits per heavy atom. The van der Waals surface area contributed by atoms with Crippen molar-refractivity contribution in [1.82, 2.24) is 5.32 Å². The first kappa shape index (κ1) is 20.1. The van der Waals surface area contributed by atoms with Crippen molar-refractivity contribution in [1.29, 1.82) is 0 Å².